The molecule has 1 fully saturated rings. The number of nitrogens with two attached hydrogens (primary N) is 1. The highest BCUT2D eigenvalue weighted by Crippen LogP contribution is 2.34. The van der Waals surface area contributed by atoms with E-state index in [0.29, 0.717) is 5.92 Å². The summed E-state index contributed by atoms with van der Waals surface area (Å²) in [6.07, 6.45) is 1.78. The zero-order valence-corrected chi connectivity index (χ0v) is 14.3. The Kier molecular flexibility index (Phi) is 5.03. The van der Waals surface area contributed by atoms with Gasteiger partial charge in [-0.15, -0.1) is 0 Å². The molecule has 3 atom stereocenters. The van der Waals surface area contributed by atoms with Gasteiger partial charge in [-0.25, -0.2) is 15.1 Å². The highest BCUT2D eigenvalue weighted by molar-refractivity contribution is 7.84. The molecule has 0 amide bonds. The molecule has 1 aromatic heterocycles. The van der Waals surface area contributed by atoms with Gasteiger partial charge in [0.05, 0.1) is 6.61 Å². The van der Waals surface area contributed by atoms with Crippen LogP contribution < -0.4 is 10.5 Å². The van der Waals surface area contributed by atoms with E-state index in [1.807, 2.05) is 20.8 Å². The first-order valence-electron chi connectivity index (χ1n) is 7.41. The molecule has 1 aliphatic carbocycles. The molecule has 2 rings (SSSR count). The number of hydrogen-bond acceptors (Lipinski definition) is 6. The lowest BCUT2D eigenvalue weighted by molar-refractivity contribution is 0.227. The number of aromatic nitrogens is 2. The molecule has 0 radical (unpaired) electrons. The fourth-order valence-electron chi connectivity index (χ4n) is 2.97. The Hall–Kier alpha value is -1.25. The number of anilines is 1. The van der Waals surface area contributed by atoms with Crippen LogP contribution in [0.2, 0.25) is 0 Å². The zero-order valence-electron chi connectivity index (χ0n) is 13.5. The van der Waals surface area contributed by atoms with Gasteiger partial charge in [-0.2, -0.15) is 8.42 Å². The molecule has 0 bridgehead atoms. The van der Waals surface area contributed by atoms with Gasteiger partial charge < -0.3 is 5.32 Å². The van der Waals surface area contributed by atoms with Crippen LogP contribution in [0.4, 0.5) is 5.82 Å². The lowest BCUT2D eigenvalue weighted by Gasteiger charge is -2.17. The molecule has 0 saturated heterocycles. The summed E-state index contributed by atoms with van der Waals surface area (Å²) in [5, 5.41) is 8.35. The standard InChI is InChI=1S/C14H24N4O3S/c1-8-5-13(6-12(8)7-21-22(15,19)20)18-14-9(2)10(3)16-11(4)17-14/h8,12-13H,5-7H2,1-4H3,(H2,15,19,20)(H,16,17,18)/t8-,12-,13-/m0/s1. The van der Waals surface area contributed by atoms with Gasteiger partial charge in [-0.1, -0.05) is 6.92 Å². The van der Waals surface area contributed by atoms with Gasteiger partial charge in [0.1, 0.15) is 11.6 Å². The Bertz CT molecular complexity index is 648. The first kappa shape index (κ1) is 17.1. The molecule has 1 aromatic rings. The quantitative estimate of drug-likeness (QED) is 0.847. The van der Waals surface area contributed by atoms with Crippen LogP contribution in [0, 0.1) is 32.6 Å². The fraction of sp³-hybridized carbons (Fsp3) is 0.714. The molecule has 3 N–H and O–H groups in total. The van der Waals surface area contributed by atoms with Crippen LogP contribution in [0.25, 0.3) is 0 Å². The molecular weight excluding hydrogens is 304 g/mol. The molecular formula is C14H24N4O3S. The lowest BCUT2D eigenvalue weighted by atomic mass is 10.00. The van der Waals surface area contributed by atoms with E-state index in [9.17, 15) is 8.42 Å². The normalized spacial score (nSPS) is 25.4. The van der Waals surface area contributed by atoms with Crippen molar-refractivity contribution in [2.75, 3.05) is 11.9 Å². The van der Waals surface area contributed by atoms with Crippen LogP contribution in [0.5, 0.6) is 0 Å². The molecule has 22 heavy (non-hydrogen) atoms. The van der Waals surface area contributed by atoms with Crippen LogP contribution in [0.15, 0.2) is 0 Å². The zero-order chi connectivity index (χ0) is 16.5. The number of hydrogen-bond donors (Lipinski definition) is 2. The molecule has 7 nitrogen and oxygen atoms in total. The maximum Gasteiger partial charge on any atom is 0.333 e. The summed E-state index contributed by atoms with van der Waals surface area (Å²) in [6.45, 7) is 8.07. The number of nitrogens with one attached hydrogen (secondary N) is 1. The van der Waals surface area contributed by atoms with Crippen molar-refractivity contribution in [3.8, 4) is 0 Å². The lowest BCUT2D eigenvalue weighted by Crippen LogP contribution is -2.22. The number of rotatable bonds is 5. The van der Waals surface area contributed by atoms with Crippen molar-refractivity contribution in [1.82, 2.24) is 9.97 Å². The summed E-state index contributed by atoms with van der Waals surface area (Å²) in [7, 11) is -3.87. The van der Waals surface area contributed by atoms with Crippen molar-refractivity contribution in [3.63, 3.8) is 0 Å². The third kappa shape index (κ3) is 4.37. The second kappa shape index (κ2) is 6.47. The van der Waals surface area contributed by atoms with Gasteiger partial charge in [0.25, 0.3) is 0 Å². The second-order valence-electron chi connectivity index (χ2n) is 6.16. The van der Waals surface area contributed by atoms with Crippen molar-refractivity contribution in [2.24, 2.45) is 17.0 Å². The van der Waals surface area contributed by atoms with E-state index in [4.69, 9.17) is 9.32 Å². The van der Waals surface area contributed by atoms with Crippen molar-refractivity contribution in [1.29, 1.82) is 0 Å². The van der Waals surface area contributed by atoms with Gasteiger partial charge in [0, 0.05) is 17.3 Å². The molecule has 8 heteroatoms. The summed E-state index contributed by atoms with van der Waals surface area (Å²) in [5.74, 6) is 2.13. The molecule has 1 saturated carbocycles. The molecule has 1 heterocycles. The highest BCUT2D eigenvalue weighted by Gasteiger charge is 2.32. The first-order valence-corrected chi connectivity index (χ1v) is 8.88. The number of aryl methyl sites for hydroxylation is 2. The second-order valence-corrected chi connectivity index (χ2v) is 7.38. The maximum atomic E-state index is 10.9. The topological polar surface area (TPSA) is 107 Å². The largest absolute Gasteiger partial charge is 0.367 e. The minimum atomic E-state index is -3.87. The molecule has 0 unspecified atom stereocenters. The van der Waals surface area contributed by atoms with Gasteiger partial charge in [0.15, 0.2) is 0 Å². The molecule has 1 aliphatic rings. The Morgan fingerprint density at radius 3 is 2.59 bits per heavy atom. The van der Waals surface area contributed by atoms with Crippen LogP contribution >= 0.6 is 0 Å². The minimum absolute atomic E-state index is 0.138. The monoisotopic (exact) mass is 328 g/mol. The summed E-state index contributed by atoms with van der Waals surface area (Å²) in [6, 6.07) is 0.247. The van der Waals surface area contributed by atoms with Gasteiger partial charge in [-0.05, 0) is 45.4 Å². The molecule has 124 valence electrons. The van der Waals surface area contributed by atoms with Gasteiger partial charge in [-0.3, -0.25) is 4.18 Å². The van der Waals surface area contributed by atoms with E-state index >= 15 is 0 Å². The minimum Gasteiger partial charge on any atom is -0.367 e. The average Bonchev–Trinajstić information content (AvgIpc) is 2.72. The summed E-state index contributed by atoms with van der Waals surface area (Å²) < 4.78 is 26.6. The van der Waals surface area contributed by atoms with Gasteiger partial charge >= 0.3 is 10.3 Å². The summed E-state index contributed by atoms with van der Waals surface area (Å²) in [5.41, 5.74) is 2.01. The van der Waals surface area contributed by atoms with Gasteiger partial charge in [0.2, 0.25) is 0 Å². The van der Waals surface area contributed by atoms with Crippen LogP contribution in [0.3, 0.4) is 0 Å². The third-order valence-electron chi connectivity index (χ3n) is 4.34. The fourth-order valence-corrected chi connectivity index (χ4v) is 3.33. The maximum absolute atomic E-state index is 10.9. The van der Waals surface area contributed by atoms with E-state index in [1.165, 1.54) is 0 Å². The Morgan fingerprint density at radius 2 is 1.95 bits per heavy atom. The average molecular weight is 328 g/mol. The number of nitrogens with zero attached hydrogens (tertiary/aromatic N) is 2. The molecule has 0 aliphatic heterocycles. The van der Waals surface area contributed by atoms with Crippen LogP contribution in [-0.4, -0.2) is 31.0 Å². The summed E-state index contributed by atoms with van der Waals surface area (Å²) >= 11 is 0. The molecule has 0 aromatic carbocycles. The highest BCUT2D eigenvalue weighted by atomic mass is 32.2. The Labute approximate surface area is 131 Å². The first-order chi connectivity index (χ1) is 10.2. The smallest absolute Gasteiger partial charge is 0.333 e. The predicted octanol–water partition coefficient (Wildman–Crippen LogP) is 1.45. The predicted molar refractivity (Wildman–Crippen MR) is 84.6 cm³/mol. The van der Waals surface area contributed by atoms with Crippen molar-refractivity contribution >= 4 is 16.1 Å². The van der Waals surface area contributed by atoms with E-state index in [2.05, 4.69) is 22.2 Å². The van der Waals surface area contributed by atoms with Crippen molar-refractivity contribution < 1.29 is 12.6 Å². The van der Waals surface area contributed by atoms with Crippen molar-refractivity contribution in [3.05, 3.63) is 17.1 Å². The van der Waals surface area contributed by atoms with E-state index < -0.39 is 10.3 Å². The molecule has 0 spiro atoms. The van der Waals surface area contributed by atoms with Crippen LogP contribution in [0.1, 0.15) is 36.8 Å². The van der Waals surface area contributed by atoms with E-state index in [-0.39, 0.29) is 18.6 Å². The SMILES string of the molecule is Cc1nc(C)c(C)c(N[C@@H]2C[C@@H](COS(N)(=O)=O)[C@@H](C)C2)n1. The Balaban J connectivity index is 2.01. The van der Waals surface area contributed by atoms with Crippen LogP contribution in [-0.2, 0) is 14.5 Å². The van der Waals surface area contributed by atoms with Crippen molar-refractivity contribution in [2.45, 2.75) is 46.6 Å². The third-order valence-corrected chi connectivity index (χ3v) is 4.80. The summed E-state index contributed by atoms with van der Waals surface area (Å²) in [4.78, 5) is 8.81. The van der Waals surface area contributed by atoms with E-state index in [1.54, 1.807) is 0 Å². The Morgan fingerprint density at radius 1 is 1.27 bits per heavy atom. The van der Waals surface area contributed by atoms with E-state index in [0.717, 1.165) is 35.7 Å².